The van der Waals surface area contributed by atoms with Crippen LogP contribution in [-0.2, 0) is 14.5 Å². The fourth-order valence-electron chi connectivity index (χ4n) is 0.337. The van der Waals surface area contributed by atoms with Crippen molar-refractivity contribution in [3.05, 3.63) is 0 Å². The number of rotatable bonds is 2. The summed E-state index contributed by atoms with van der Waals surface area (Å²) in [7, 11) is 0. The Balaban J connectivity index is 3.53. The van der Waals surface area contributed by atoms with Crippen LogP contribution >= 0.6 is 0 Å². The molecule has 0 heterocycles. The maximum absolute atomic E-state index is 10.5. The molecule has 1 N–H and O–H groups in total. The molecule has 0 fully saturated rings. The van der Waals surface area contributed by atoms with Gasteiger partial charge in [0.25, 0.3) is 0 Å². The minimum Gasteiger partial charge on any atom is -0.447 e. The number of carbonyl (C=O) groups is 2. The fraction of sp³-hybridized carbons (Fsp3) is 0.667. The smallest absolute Gasteiger partial charge is 0.447 e. The molecule has 0 aromatic carbocycles. The fourth-order valence-corrected chi connectivity index (χ4v) is 0.337. The van der Waals surface area contributed by atoms with Crippen LogP contribution in [0, 0.1) is 0 Å². The summed E-state index contributed by atoms with van der Waals surface area (Å²) < 4.78 is 4.50. The van der Waals surface area contributed by atoms with Gasteiger partial charge in [0.1, 0.15) is 6.10 Å². The van der Waals surface area contributed by atoms with Crippen LogP contribution in [0.4, 0.5) is 9.59 Å². The monoisotopic (exact) mass is 178 g/mol. The molecule has 6 nitrogen and oxygen atoms in total. The Labute approximate surface area is 69.0 Å². The molecule has 0 aromatic rings. The molecule has 0 radical (unpaired) electrons. The van der Waals surface area contributed by atoms with Gasteiger partial charge in [0, 0.05) is 0 Å². The Hall–Kier alpha value is -1.46. The molecule has 0 saturated heterocycles. The van der Waals surface area contributed by atoms with E-state index in [2.05, 4.69) is 14.5 Å². The largest absolute Gasteiger partial charge is 0.550 e. The van der Waals surface area contributed by atoms with Crippen molar-refractivity contribution >= 4 is 12.3 Å². The highest BCUT2D eigenvalue weighted by Gasteiger charge is 2.11. The van der Waals surface area contributed by atoms with E-state index in [9.17, 15) is 9.59 Å². The third-order valence-corrected chi connectivity index (χ3v) is 1.05. The average Bonchev–Trinajstić information content (AvgIpc) is 2.00. The second-order valence-electron chi connectivity index (χ2n) is 2.02. The normalized spacial score (nSPS) is 11.5. The summed E-state index contributed by atoms with van der Waals surface area (Å²) >= 11 is 0. The number of hydrogen-bond donors (Lipinski definition) is 1. The van der Waals surface area contributed by atoms with E-state index in [0.29, 0.717) is 6.42 Å². The van der Waals surface area contributed by atoms with Crippen molar-refractivity contribution in [1.82, 2.24) is 0 Å². The molecule has 0 rings (SSSR count). The van der Waals surface area contributed by atoms with Gasteiger partial charge >= 0.3 is 12.3 Å². The SMILES string of the molecule is CCC(C)OC(=O)OOC(=O)O. The van der Waals surface area contributed by atoms with E-state index in [-0.39, 0.29) is 6.10 Å². The summed E-state index contributed by atoms with van der Waals surface area (Å²) in [5, 5.41) is 7.90. The van der Waals surface area contributed by atoms with E-state index in [4.69, 9.17) is 5.11 Å². The van der Waals surface area contributed by atoms with Gasteiger partial charge in [0.15, 0.2) is 0 Å². The van der Waals surface area contributed by atoms with Crippen LogP contribution in [0.2, 0.25) is 0 Å². The summed E-state index contributed by atoms with van der Waals surface area (Å²) in [4.78, 5) is 27.4. The Morgan fingerprint density at radius 3 is 2.42 bits per heavy atom. The summed E-state index contributed by atoms with van der Waals surface area (Å²) in [6.45, 7) is 3.44. The van der Waals surface area contributed by atoms with Crippen molar-refractivity contribution in [3.63, 3.8) is 0 Å². The average molecular weight is 178 g/mol. The highest BCUT2D eigenvalue weighted by atomic mass is 17.3. The molecule has 6 heteroatoms. The summed E-state index contributed by atoms with van der Waals surface area (Å²) in [5.41, 5.74) is 0. The lowest BCUT2D eigenvalue weighted by Gasteiger charge is -2.07. The molecular weight excluding hydrogens is 168 g/mol. The zero-order valence-corrected chi connectivity index (χ0v) is 6.77. The number of carboxylic acid groups (broad SMARTS) is 1. The van der Waals surface area contributed by atoms with E-state index in [1.165, 1.54) is 0 Å². The molecule has 0 aliphatic rings. The lowest BCUT2D eigenvalue weighted by atomic mass is 10.3. The minimum atomic E-state index is -1.70. The number of ether oxygens (including phenoxy) is 1. The van der Waals surface area contributed by atoms with Crippen LogP contribution in [0.1, 0.15) is 20.3 Å². The zero-order chi connectivity index (χ0) is 9.56. The standard InChI is InChI=1S/C6H10O6/c1-3-4(2)10-6(9)12-11-5(7)8/h4H,3H2,1-2H3,(H,7,8). The Bertz CT molecular complexity index is 165. The van der Waals surface area contributed by atoms with E-state index in [1.807, 2.05) is 0 Å². The quantitative estimate of drug-likeness (QED) is 0.392. The van der Waals surface area contributed by atoms with Gasteiger partial charge in [-0.15, -0.1) is 0 Å². The molecule has 0 aliphatic heterocycles. The van der Waals surface area contributed by atoms with Crippen molar-refractivity contribution in [2.45, 2.75) is 26.4 Å². The van der Waals surface area contributed by atoms with E-state index >= 15 is 0 Å². The Morgan fingerprint density at radius 2 is 2.00 bits per heavy atom. The van der Waals surface area contributed by atoms with Crippen molar-refractivity contribution < 1.29 is 29.2 Å². The van der Waals surface area contributed by atoms with Crippen molar-refractivity contribution in [3.8, 4) is 0 Å². The third-order valence-electron chi connectivity index (χ3n) is 1.05. The summed E-state index contributed by atoms with van der Waals surface area (Å²) in [6.07, 6.45) is -2.57. The van der Waals surface area contributed by atoms with Crippen LogP contribution in [0.25, 0.3) is 0 Å². The van der Waals surface area contributed by atoms with E-state index < -0.39 is 12.3 Å². The minimum absolute atomic E-state index is 0.324. The van der Waals surface area contributed by atoms with Crippen LogP contribution in [0.15, 0.2) is 0 Å². The lowest BCUT2D eigenvalue weighted by Crippen LogP contribution is -2.16. The first-order valence-electron chi connectivity index (χ1n) is 3.34. The van der Waals surface area contributed by atoms with Gasteiger partial charge in [0.05, 0.1) is 0 Å². The van der Waals surface area contributed by atoms with Gasteiger partial charge in [0.2, 0.25) is 0 Å². The maximum Gasteiger partial charge on any atom is 0.550 e. The van der Waals surface area contributed by atoms with Gasteiger partial charge in [-0.1, -0.05) is 6.92 Å². The summed E-state index contributed by atoms with van der Waals surface area (Å²) in [6, 6.07) is 0. The molecule has 0 saturated carbocycles. The molecule has 0 aromatic heterocycles. The van der Waals surface area contributed by atoms with Gasteiger partial charge in [-0.25, -0.2) is 9.68 Å². The van der Waals surface area contributed by atoms with Crippen LogP contribution < -0.4 is 0 Å². The number of carbonyl (C=O) groups excluding carboxylic acids is 1. The van der Waals surface area contributed by atoms with Gasteiger partial charge < -0.3 is 9.84 Å². The topological polar surface area (TPSA) is 82.1 Å². The summed E-state index contributed by atoms with van der Waals surface area (Å²) in [5.74, 6) is 0. The Kier molecular flexibility index (Phi) is 4.59. The van der Waals surface area contributed by atoms with Crippen molar-refractivity contribution in [2.24, 2.45) is 0 Å². The molecule has 1 unspecified atom stereocenters. The van der Waals surface area contributed by atoms with Gasteiger partial charge in [-0.2, -0.15) is 9.68 Å². The van der Waals surface area contributed by atoms with Crippen molar-refractivity contribution in [2.75, 3.05) is 0 Å². The molecule has 1 atom stereocenters. The van der Waals surface area contributed by atoms with E-state index in [0.717, 1.165) is 0 Å². The molecule has 70 valence electrons. The van der Waals surface area contributed by atoms with Crippen LogP contribution in [0.3, 0.4) is 0 Å². The molecule has 0 bridgehead atoms. The zero-order valence-electron chi connectivity index (χ0n) is 6.77. The van der Waals surface area contributed by atoms with Gasteiger partial charge in [-0.05, 0) is 13.3 Å². The first-order chi connectivity index (χ1) is 5.56. The Morgan fingerprint density at radius 1 is 1.42 bits per heavy atom. The molecule has 0 amide bonds. The molecule has 12 heavy (non-hydrogen) atoms. The first-order valence-corrected chi connectivity index (χ1v) is 3.34. The van der Waals surface area contributed by atoms with Gasteiger partial charge in [-0.3, -0.25) is 0 Å². The second-order valence-corrected chi connectivity index (χ2v) is 2.02. The molecular formula is C6H10O6. The highest BCUT2D eigenvalue weighted by Crippen LogP contribution is 1.98. The van der Waals surface area contributed by atoms with E-state index in [1.54, 1.807) is 13.8 Å². The highest BCUT2D eigenvalue weighted by molar-refractivity contribution is 5.62. The third kappa shape index (κ3) is 5.33. The molecule has 0 aliphatic carbocycles. The molecule has 0 spiro atoms. The van der Waals surface area contributed by atoms with Crippen molar-refractivity contribution in [1.29, 1.82) is 0 Å². The van der Waals surface area contributed by atoms with Crippen LogP contribution in [-0.4, -0.2) is 23.5 Å². The second kappa shape index (κ2) is 5.22. The predicted octanol–water partition coefficient (Wildman–Crippen LogP) is 1.55. The maximum atomic E-state index is 10.5. The lowest BCUT2D eigenvalue weighted by molar-refractivity contribution is -0.216. The predicted molar refractivity (Wildman–Crippen MR) is 36.4 cm³/mol. The first kappa shape index (κ1) is 10.5. The number of hydrogen-bond acceptors (Lipinski definition) is 5. The van der Waals surface area contributed by atoms with Crippen LogP contribution in [0.5, 0.6) is 0 Å².